The molecule has 0 radical (unpaired) electrons. The van der Waals surface area contributed by atoms with Gasteiger partial charge in [0, 0.05) is 23.4 Å². The fourth-order valence-corrected chi connectivity index (χ4v) is 6.05. The molecule has 6 nitrogen and oxygen atoms in total. The second-order valence-corrected chi connectivity index (χ2v) is 8.99. The zero-order chi connectivity index (χ0) is 18.1. The number of rotatable bonds is 4. The molecule has 1 aliphatic heterocycles. The van der Waals surface area contributed by atoms with Crippen LogP contribution in [0.4, 0.5) is 0 Å². The molecule has 0 bridgehead atoms. The lowest BCUT2D eigenvalue weighted by Crippen LogP contribution is -2.44. The molecule has 26 heavy (non-hydrogen) atoms. The van der Waals surface area contributed by atoms with E-state index in [1.165, 1.54) is 35.0 Å². The number of nitrogens with two attached hydrogens (primary N) is 1. The van der Waals surface area contributed by atoms with Gasteiger partial charge in [-0.2, -0.15) is 0 Å². The van der Waals surface area contributed by atoms with Crippen molar-refractivity contribution in [3.05, 3.63) is 16.8 Å². The smallest absolute Gasteiger partial charge is 0.233 e. The summed E-state index contributed by atoms with van der Waals surface area (Å²) in [6.07, 6.45) is 7.86. The first-order chi connectivity index (χ1) is 12.6. The number of hydrogen-bond donors (Lipinski definition) is 1. The Balaban J connectivity index is 1.48. The van der Waals surface area contributed by atoms with Crippen molar-refractivity contribution in [2.75, 3.05) is 18.8 Å². The average Bonchev–Trinajstić information content (AvgIpc) is 3.05. The molecule has 3 heterocycles. The minimum absolute atomic E-state index is 0.0526. The van der Waals surface area contributed by atoms with Crippen LogP contribution in [0.2, 0.25) is 0 Å². The molecule has 0 saturated carbocycles. The van der Waals surface area contributed by atoms with Gasteiger partial charge in [0.25, 0.3) is 0 Å². The van der Waals surface area contributed by atoms with E-state index in [1.807, 2.05) is 0 Å². The number of thioether (sulfide) groups is 1. The molecule has 1 atom stereocenters. The highest BCUT2D eigenvalue weighted by atomic mass is 32.2. The standard InChI is InChI=1S/C18H22N4O2S2/c19-16(24)11-4-3-7-22(8-11)14(23)9-25-17-15-12-5-1-2-6-13(12)26-18(15)21-10-20-17/h10-11H,1-9H2,(H2,19,24)/t11-/m0/s1. The second-order valence-electron chi connectivity index (χ2n) is 6.94. The van der Waals surface area contributed by atoms with Crippen molar-refractivity contribution in [2.45, 2.75) is 43.6 Å². The molecule has 1 fully saturated rings. The molecule has 138 valence electrons. The Bertz CT molecular complexity index is 851. The maximum Gasteiger partial charge on any atom is 0.233 e. The highest BCUT2D eigenvalue weighted by Crippen LogP contribution is 2.39. The van der Waals surface area contributed by atoms with Crippen LogP contribution in [0.25, 0.3) is 10.2 Å². The van der Waals surface area contributed by atoms with Gasteiger partial charge in [-0.1, -0.05) is 11.8 Å². The number of likely N-dealkylation sites (tertiary alicyclic amines) is 1. The summed E-state index contributed by atoms with van der Waals surface area (Å²) in [6, 6.07) is 0. The van der Waals surface area contributed by atoms with Crippen molar-refractivity contribution in [3.8, 4) is 0 Å². The number of amides is 2. The topological polar surface area (TPSA) is 89.2 Å². The van der Waals surface area contributed by atoms with E-state index in [0.29, 0.717) is 18.8 Å². The van der Waals surface area contributed by atoms with Crippen LogP contribution in [0.15, 0.2) is 11.4 Å². The Hall–Kier alpha value is -1.67. The molecular weight excluding hydrogens is 368 g/mol. The predicted octanol–water partition coefficient (Wildman–Crippen LogP) is 2.39. The van der Waals surface area contributed by atoms with E-state index < -0.39 is 0 Å². The summed E-state index contributed by atoms with van der Waals surface area (Å²) in [5.74, 6) is -0.135. The van der Waals surface area contributed by atoms with Gasteiger partial charge < -0.3 is 10.6 Å². The van der Waals surface area contributed by atoms with Gasteiger partial charge in [-0.05, 0) is 44.1 Å². The molecule has 0 unspecified atom stereocenters. The largest absolute Gasteiger partial charge is 0.369 e. The molecule has 2 amide bonds. The molecule has 2 aromatic rings. The Labute approximate surface area is 160 Å². The SMILES string of the molecule is NC(=O)[C@H]1CCCN(C(=O)CSc2ncnc3sc4c(c23)CCCC4)C1. The summed E-state index contributed by atoms with van der Waals surface area (Å²) in [5.41, 5.74) is 6.80. The van der Waals surface area contributed by atoms with E-state index in [-0.39, 0.29) is 17.7 Å². The average molecular weight is 391 g/mol. The van der Waals surface area contributed by atoms with E-state index in [4.69, 9.17) is 5.73 Å². The van der Waals surface area contributed by atoms with Gasteiger partial charge in [-0.3, -0.25) is 9.59 Å². The number of aryl methyl sites for hydroxylation is 2. The first-order valence-corrected chi connectivity index (χ1v) is 10.9. The van der Waals surface area contributed by atoms with Gasteiger partial charge in [0.1, 0.15) is 16.2 Å². The summed E-state index contributed by atoms with van der Waals surface area (Å²) in [4.78, 5) is 37.2. The minimum Gasteiger partial charge on any atom is -0.369 e. The third-order valence-corrected chi connectivity index (χ3v) is 7.40. The lowest BCUT2D eigenvalue weighted by molar-refractivity contribution is -0.132. The number of hydrogen-bond acceptors (Lipinski definition) is 6. The summed E-state index contributed by atoms with van der Waals surface area (Å²) in [7, 11) is 0. The lowest BCUT2D eigenvalue weighted by Gasteiger charge is -2.31. The van der Waals surface area contributed by atoms with Crippen LogP contribution in [0.3, 0.4) is 0 Å². The molecule has 2 aromatic heterocycles. The van der Waals surface area contributed by atoms with Crippen molar-refractivity contribution in [1.82, 2.24) is 14.9 Å². The van der Waals surface area contributed by atoms with E-state index in [2.05, 4.69) is 9.97 Å². The number of primary amides is 1. The maximum absolute atomic E-state index is 12.6. The van der Waals surface area contributed by atoms with Gasteiger partial charge in [0.15, 0.2) is 0 Å². The first kappa shape index (κ1) is 17.7. The number of piperidine rings is 1. The summed E-state index contributed by atoms with van der Waals surface area (Å²) in [5, 5.41) is 2.06. The lowest BCUT2D eigenvalue weighted by atomic mass is 9.97. The highest BCUT2D eigenvalue weighted by Gasteiger charge is 2.27. The Morgan fingerprint density at radius 1 is 1.27 bits per heavy atom. The van der Waals surface area contributed by atoms with E-state index in [1.54, 1.807) is 22.6 Å². The molecule has 0 aromatic carbocycles. The number of nitrogens with zero attached hydrogens (tertiary/aromatic N) is 3. The predicted molar refractivity (Wildman–Crippen MR) is 103 cm³/mol. The van der Waals surface area contributed by atoms with Gasteiger partial charge in [-0.25, -0.2) is 9.97 Å². The Kier molecular flexibility index (Phi) is 5.13. The summed E-state index contributed by atoms with van der Waals surface area (Å²) < 4.78 is 0. The third-order valence-electron chi connectivity index (χ3n) is 5.23. The number of carbonyl (C=O) groups is 2. The van der Waals surface area contributed by atoms with Gasteiger partial charge in [0.2, 0.25) is 11.8 Å². The molecule has 0 spiro atoms. The zero-order valence-electron chi connectivity index (χ0n) is 14.6. The first-order valence-electron chi connectivity index (χ1n) is 9.08. The van der Waals surface area contributed by atoms with E-state index >= 15 is 0 Å². The van der Waals surface area contributed by atoms with Crippen LogP contribution in [-0.2, 0) is 22.4 Å². The Morgan fingerprint density at radius 2 is 2.12 bits per heavy atom. The van der Waals surface area contributed by atoms with E-state index in [0.717, 1.165) is 40.9 Å². The molecule has 2 N–H and O–H groups in total. The zero-order valence-corrected chi connectivity index (χ0v) is 16.2. The molecule has 4 rings (SSSR count). The monoisotopic (exact) mass is 390 g/mol. The molecular formula is C18H22N4O2S2. The van der Waals surface area contributed by atoms with Crippen molar-refractivity contribution in [3.63, 3.8) is 0 Å². The quantitative estimate of drug-likeness (QED) is 0.639. The van der Waals surface area contributed by atoms with Crippen molar-refractivity contribution in [1.29, 1.82) is 0 Å². The van der Waals surface area contributed by atoms with Crippen LogP contribution in [-0.4, -0.2) is 45.5 Å². The number of thiophene rings is 1. The molecule has 1 aliphatic carbocycles. The van der Waals surface area contributed by atoms with Crippen LogP contribution in [0.1, 0.15) is 36.1 Å². The van der Waals surface area contributed by atoms with Crippen LogP contribution < -0.4 is 5.73 Å². The van der Waals surface area contributed by atoms with E-state index in [9.17, 15) is 9.59 Å². The van der Waals surface area contributed by atoms with Gasteiger partial charge in [0.05, 0.1) is 11.7 Å². The molecule has 8 heteroatoms. The van der Waals surface area contributed by atoms with Crippen molar-refractivity contribution in [2.24, 2.45) is 11.7 Å². The summed E-state index contributed by atoms with van der Waals surface area (Å²) in [6.45, 7) is 1.15. The molecule has 2 aliphatic rings. The number of carbonyl (C=O) groups excluding carboxylic acids is 2. The van der Waals surface area contributed by atoms with Crippen LogP contribution in [0.5, 0.6) is 0 Å². The normalized spacial score (nSPS) is 20.2. The van der Waals surface area contributed by atoms with Gasteiger partial charge in [-0.15, -0.1) is 11.3 Å². The second kappa shape index (κ2) is 7.52. The highest BCUT2D eigenvalue weighted by molar-refractivity contribution is 8.00. The van der Waals surface area contributed by atoms with Gasteiger partial charge >= 0.3 is 0 Å². The van der Waals surface area contributed by atoms with Crippen LogP contribution in [0, 0.1) is 5.92 Å². The Morgan fingerprint density at radius 3 is 2.96 bits per heavy atom. The fraction of sp³-hybridized carbons (Fsp3) is 0.556. The van der Waals surface area contributed by atoms with Crippen molar-refractivity contribution >= 4 is 45.1 Å². The maximum atomic E-state index is 12.6. The van der Waals surface area contributed by atoms with Crippen LogP contribution >= 0.6 is 23.1 Å². The summed E-state index contributed by atoms with van der Waals surface area (Å²) >= 11 is 3.26. The fourth-order valence-electron chi connectivity index (χ4n) is 3.83. The third kappa shape index (κ3) is 3.44. The van der Waals surface area contributed by atoms with Crippen molar-refractivity contribution < 1.29 is 9.59 Å². The minimum atomic E-state index is -0.308. The number of fused-ring (bicyclic) bond motifs is 3. The molecule has 1 saturated heterocycles. The number of aromatic nitrogens is 2.